The van der Waals surface area contributed by atoms with Crippen LogP contribution in [0.2, 0.25) is 0 Å². The zero-order chi connectivity index (χ0) is 21.8. The maximum atomic E-state index is 15.2. The first-order chi connectivity index (χ1) is 14.9. The van der Waals surface area contributed by atoms with Crippen molar-refractivity contribution in [3.63, 3.8) is 0 Å². The number of nitrogens with two attached hydrogens (primary N) is 1. The molecule has 8 nitrogen and oxygen atoms in total. The molecule has 3 atom stereocenters. The lowest BCUT2D eigenvalue weighted by molar-refractivity contribution is -0.146. The standard InChI is InChI=1S/C22H24FN5O3/c1-12-9-25-10-19(26-12)31-14-5-6-17(23)15(7-14)22-11-30-18(13-3-4-13)8-16(22)20(29)28(2)21(24)27-22/h5-7,9-10,13,16,18H,3-4,8,11H2,1-2H3,(H2,24,27)/t16-,18+,22+/m0/s1. The SMILES string of the molecule is Cc1cncc(Oc2ccc(F)c([C@]34CO[C@@H](C5CC5)C[C@H]3C(=O)N(C)C(N)=N4)c2)n1. The molecular formula is C22H24FN5O3. The van der Waals surface area contributed by atoms with E-state index in [1.807, 2.05) is 0 Å². The van der Waals surface area contributed by atoms with E-state index in [0.717, 1.165) is 12.8 Å². The lowest BCUT2D eigenvalue weighted by Gasteiger charge is -2.47. The third-order valence-electron chi connectivity index (χ3n) is 6.36. The average molecular weight is 425 g/mol. The summed E-state index contributed by atoms with van der Waals surface area (Å²) in [6.07, 6.45) is 5.75. The number of rotatable bonds is 4. The summed E-state index contributed by atoms with van der Waals surface area (Å²) < 4.78 is 27.1. The summed E-state index contributed by atoms with van der Waals surface area (Å²) in [4.78, 5) is 27.5. The minimum atomic E-state index is -1.24. The Morgan fingerprint density at radius 1 is 1.32 bits per heavy atom. The van der Waals surface area contributed by atoms with Crippen molar-refractivity contribution >= 4 is 11.9 Å². The molecule has 162 valence electrons. The zero-order valence-corrected chi connectivity index (χ0v) is 17.4. The largest absolute Gasteiger partial charge is 0.437 e. The quantitative estimate of drug-likeness (QED) is 0.807. The van der Waals surface area contributed by atoms with Gasteiger partial charge < -0.3 is 15.2 Å². The number of amides is 1. The molecule has 31 heavy (non-hydrogen) atoms. The Kier molecular flexibility index (Phi) is 4.65. The molecule has 2 N–H and O–H groups in total. The Morgan fingerprint density at radius 2 is 2.13 bits per heavy atom. The van der Waals surface area contributed by atoms with Gasteiger partial charge in [0.05, 0.1) is 30.5 Å². The number of halogens is 1. The van der Waals surface area contributed by atoms with E-state index < -0.39 is 17.3 Å². The number of ether oxygens (including phenoxy) is 2. The maximum Gasteiger partial charge on any atom is 0.238 e. The van der Waals surface area contributed by atoms with Crippen molar-refractivity contribution in [2.24, 2.45) is 22.6 Å². The zero-order valence-electron chi connectivity index (χ0n) is 17.4. The van der Waals surface area contributed by atoms with Crippen molar-refractivity contribution < 1.29 is 18.7 Å². The highest BCUT2D eigenvalue weighted by molar-refractivity contribution is 6.00. The molecular weight excluding hydrogens is 401 g/mol. The van der Waals surface area contributed by atoms with Crippen molar-refractivity contribution in [3.05, 3.63) is 47.7 Å². The number of carbonyl (C=O) groups excluding carboxylic acids is 1. The Hall–Kier alpha value is -3.07. The molecule has 1 aromatic heterocycles. The van der Waals surface area contributed by atoms with Gasteiger partial charge in [0, 0.05) is 18.8 Å². The van der Waals surface area contributed by atoms with Gasteiger partial charge in [-0.2, -0.15) is 0 Å². The second-order valence-electron chi connectivity index (χ2n) is 8.51. The monoisotopic (exact) mass is 425 g/mol. The van der Waals surface area contributed by atoms with E-state index in [-0.39, 0.29) is 30.1 Å². The van der Waals surface area contributed by atoms with Crippen molar-refractivity contribution in [1.82, 2.24) is 14.9 Å². The van der Waals surface area contributed by atoms with Crippen LogP contribution in [-0.4, -0.2) is 46.5 Å². The van der Waals surface area contributed by atoms with E-state index in [0.29, 0.717) is 29.7 Å². The predicted octanol–water partition coefficient (Wildman–Crippen LogP) is 2.51. The molecule has 2 aromatic rings. The number of hydrogen-bond acceptors (Lipinski definition) is 7. The van der Waals surface area contributed by atoms with Gasteiger partial charge >= 0.3 is 0 Å². The smallest absolute Gasteiger partial charge is 0.238 e. The minimum Gasteiger partial charge on any atom is -0.437 e. The highest BCUT2D eigenvalue weighted by atomic mass is 19.1. The third kappa shape index (κ3) is 3.42. The van der Waals surface area contributed by atoms with Crippen LogP contribution < -0.4 is 10.5 Å². The fourth-order valence-corrected chi connectivity index (χ4v) is 4.50. The number of fused-ring (bicyclic) bond motifs is 1. The van der Waals surface area contributed by atoms with Crippen LogP contribution in [0.3, 0.4) is 0 Å². The molecule has 2 fully saturated rings. The minimum absolute atomic E-state index is 0.0185. The predicted molar refractivity (Wildman–Crippen MR) is 110 cm³/mol. The number of aryl methyl sites for hydroxylation is 1. The Bertz CT molecular complexity index is 1070. The maximum absolute atomic E-state index is 15.2. The first kappa shape index (κ1) is 19.9. The fraction of sp³-hybridized carbons (Fsp3) is 0.455. The van der Waals surface area contributed by atoms with Crippen LogP contribution in [-0.2, 0) is 15.1 Å². The summed E-state index contributed by atoms with van der Waals surface area (Å²) in [6, 6.07) is 4.37. The molecule has 0 radical (unpaired) electrons. The Balaban J connectivity index is 1.56. The number of hydrogen-bond donors (Lipinski definition) is 1. The molecule has 0 unspecified atom stereocenters. The van der Waals surface area contributed by atoms with E-state index in [1.165, 1.54) is 23.2 Å². The highest BCUT2D eigenvalue weighted by Crippen LogP contribution is 2.50. The average Bonchev–Trinajstić information content (AvgIpc) is 3.59. The van der Waals surface area contributed by atoms with Gasteiger partial charge in [-0.3, -0.25) is 14.7 Å². The van der Waals surface area contributed by atoms with Crippen LogP contribution in [0.1, 0.15) is 30.5 Å². The number of nitrogens with zero attached hydrogens (tertiary/aromatic N) is 4. The van der Waals surface area contributed by atoms with Gasteiger partial charge in [-0.25, -0.2) is 14.4 Å². The van der Waals surface area contributed by atoms with Crippen LogP contribution in [0.4, 0.5) is 4.39 Å². The van der Waals surface area contributed by atoms with E-state index in [4.69, 9.17) is 15.2 Å². The van der Waals surface area contributed by atoms with Crippen molar-refractivity contribution in [2.75, 3.05) is 13.7 Å². The third-order valence-corrected chi connectivity index (χ3v) is 6.36. The molecule has 1 aromatic carbocycles. The highest BCUT2D eigenvalue weighted by Gasteiger charge is 2.56. The Morgan fingerprint density at radius 3 is 2.87 bits per heavy atom. The molecule has 1 aliphatic carbocycles. The molecule has 1 saturated carbocycles. The second kappa shape index (κ2) is 7.26. The lowest BCUT2D eigenvalue weighted by atomic mass is 9.72. The summed E-state index contributed by atoms with van der Waals surface area (Å²) in [5, 5.41) is 0. The van der Waals surface area contributed by atoms with Gasteiger partial charge in [-0.15, -0.1) is 0 Å². The van der Waals surface area contributed by atoms with Gasteiger partial charge in [0.2, 0.25) is 11.8 Å². The number of carbonyl (C=O) groups is 1. The summed E-state index contributed by atoms with van der Waals surface area (Å²) in [6.45, 7) is 1.89. The normalized spacial score (nSPS) is 28.2. The molecule has 3 heterocycles. The first-order valence-electron chi connectivity index (χ1n) is 10.4. The van der Waals surface area contributed by atoms with Crippen LogP contribution in [0, 0.1) is 24.6 Å². The molecule has 1 saturated heterocycles. The summed E-state index contributed by atoms with van der Waals surface area (Å²) in [7, 11) is 1.60. The molecule has 2 aliphatic heterocycles. The van der Waals surface area contributed by atoms with Crippen molar-refractivity contribution in [3.8, 4) is 11.6 Å². The van der Waals surface area contributed by atoms with Crippen molar-refractivity contribution in [1.29, 1.82) is 0 Å². The van der Waals surface area contributed by atoms with Gasteiger partial charge in [-0.1, -0.05) is 0 Å². The van der Waals surface area contributed by atoms with Crippen LogP contribution in [0.25, 0.3) is 0 Å². The number of guanidine groups is 1. The second-order valence-corrected chi connectivity index (χ2v) is 8.51. The van der Waals surface area contributed by atoms with E-state index in [9.17, 15) is 4.79 Å². The molecule has 9 heteroatoms. The molecule has 5 rings (SSSR count). The van der Waals surface area contributed by atoms with Crippen LogP contribution in [0.15, 0.2) is 35.6 Å². The van der Waals surface area contributed by atoms with Gasteiger partial charge in [-0.05, 0) is 50.3 Å². The lowest BCUT2D eigenvalue weighted by Crippen LogP contribution is -2.60. The number of aromatic nitrogens is 2. The topological polar surface area (TPSA) is 103 Å². The molecule has 0 bridgehead atoms. The Labute approximate surface area is 179 Å². The summed E-state index contributed by atoms with van der Waals surface area (Å²) >= 11 is 0. The molecule has 0 spiro atoms. The van der Waals surface area contributed by atoms with E-state index in [1.54, 1.807) is 26.2 Å². The number of benzene rings is 1. The van der Waals surface area contributed by atoms with Gasteiger partial charge in [0.1, 0.15) is 17.1 Å². The van der Waals surface area contributed by atoms with Gasteiger partial charge in [0.15, 0.2) is 5.96 Å². The number of aliphatic imine (C=N–C) groups is 1. The molecule has 1 amide bonds. The summed E-state index contributed by atoms with van der Waals surface area (Å²) in [5.41, 5.74) is 5.75. The summed E-state index contributed by atoms with van der Waals surface area (Å²) in [5.74, 6) is -0.0557. The van der Waals surface area contributed by atoms with Gasteiger partial charge in [0.25, 0.3) is 0 Å². The van der Waals surface area contributed by atoms with E-state index in [2.05, 4.69) is 15.0 Å². The molecule has 3 aliphatic rings. The van der Waals surface area contributed by atoms with Crippen molar-refractivity contribution in [2.45, 2.75) is 37.8 Å². The first-order valence-corrected chi connectivity index (χ1v) is 10.4. The van der Waals surface area contributed by atoms with Crippen LogP contribution in [0.5, 0.6) is 11.6 Å². The van der Waals surface area contributed by atoms with E-state index >= 15 is 4.39 Å². The van der Waals surface area contributed by atoms with Crippen LogP contribution >= 0.6 is 0 Å². The fourth-order valence-electron chi connectivity index (χ4n) is 4.50.